The number of aromatic nitrogens is 2. The molecule has 0 aliphatic carbocycles. The highest BCUT2D eigenvalue weighted by molar-refractivity contribution is 8.01. The van der Waals surface area contributed by atoms with Crippen molar-refractivity contribution in [3.63, 3.8) is 0 Å². The number of anilines is 3. The van der Waals surface area contributed by atoms with E-state index in [1.165, 1.54) is 23.5 Å². The SMILES string of the molecule is O=C(CSc1nnc(Nc2cccc(F)c2)s1)NC(=O)Nc1ccccc1. The molecular formula is C17H14FN5O2S2. The molecule has 0 aliphatic heterocycles. The Bertz CT molecular complexity index is 936. The van der Waals surface area contributed by atoms with E-state index in [0.29, 0.717) is 20.8 Å². The van der Waals surface area contributed by atoms with Crippen LogP contribution in [-0.2, 0) is 4.79 Å². The number of hydrogen-bond donors (Lipinski definition) is 3. The Balaban J connectivity index is 1.45. The van der Waals surface area contributed by atoms with E-state index in [-0.39, 0.29) is 11.6 Å². The van der Waals surface area contributed by atoms with Crippen molar-refractivity contribution in [3.05, 3.63) is 60.4 Å². The van der Waals surface area contributed by atoms with E-state index in [4.69, 9.17) is 0 Å². The number of imide groups is 1. The van der Waals surface area contributed by atoms with Crippen LogP contribution >= 0.6 is 23.1 Å². The number of urea groups is 1. The number of benzene rings is 2. The molecule has 0 spiro atoms. The van der Waals surface area contributed by atoms with Crippen LogP contribution in [0.3, 0.4) is 0 Å². The summed E-state index contributed by atoms with van der Waals surface area (Å²) >= 11 is 2.37. The second-order valence-electron chi connectivity index (χ2n) is 5.17. The van der Waals surface area contributed by atoms with Gasteiger partial charge in [0.25, 0.3) is 0 Å². The molecule has 3 rings (SSSR count). The number of hydrogen-bond acceptors (Lipinski definition) is 7. The van der Waals surface area contributed by atoms with Crippen molar-refractivity contribution in [1.29, 1.82) is 0 Å². The zero-order valence-electron chi connectivity index (χ0n) is 13.8. The molecule has 7 nitrogen and oxygen atoms in total. The number of nitrogens with one attached hydrogen (secondary N) is 3. The molecular weight excluding hydrogens is 389 g/mol. The molecule has 0 radical (unpaired) electrons. The Labute approximate surface area is 162 Å². The van der Waals surface area contributed by atoms with Crippen LogP contribution in [0.25, 0.3) is 0 Å². The van der Waals surface area contributed by atoms with Crippen LogP contribution < -0.4 is 16.0 Å². The third kappa shape index (κ3) is 6.04. The van der Waals surface area contributed by atoms with Gasteiger partial charge in [-0.25, -0.2) is 9.18 Å². The van der Waals surface area contributed by atoms with Crippen LogP contribution in [0, 0.1) is 5.82 Å². The van der Waals surface area contributed by atoms with Gasteiger partial charge >= 0.3 is 6.03 Å². The van der Waals surface area contributed by atoms with E-state index in [0.717, 1.165) is 11.8 Å². The zero-order chi connectivity index (χ0) is 19.1. The number of carbonyl (C=O) groups excluding carboxylic acids is 2. The molecule has 0 bridgehead atoms. The summed E-state index contributed by atoms with van der Waals surface area (Å²) in [6.45, 7) is 0. The first-order chi connectivity index (χ1) is 13.1. The van der Waals surface area contributed by atoms with Gasteiger partial charge in [0, 0.05) is 11.4 Å². The van der Waals surface area contributed by atoms with Gasteiger partial charge in [-0.1, -0.05) is 47.4 Å². The van der Waals surface area contributed by atoms with Crippen LogP contribution in [0.1, 0.15) is 0 Å². The summed E-state index contributed by atoms with van der Waals surface area (Å²) in [5.74, 6) is -0.801. The van der Waals surface area contributed by atoms with Crippen molar-refractivity contribution >= 4 is 51.5 Å². The van der Waals surface area contributed by atoms with E-state index >= 15 is 0 Å². The summed E-state index contributed by atoms with van der Waals surface area (Å²) < 4.78 is 13.7. The van der Waals surface area contributed by atoms with Gasteiger partial charge in [-0.15, -0.1) is 10.2 Å². The lowest BCUT2D eigenvalue weighted by molar-refractivity contribution is -0.117. The molecule has 10 heteroatoms. The Kier molecular flexibility index (Phi) is 6.34. The zero-order valence-corrected chi connectivity index (χ0v) is 15.4. The second kappa shape index (κ2) is 9.10. The minimum absolute atomic E-state index is 0.0107. The number of rotatable bonds is 6. The van der Waals surface area contributed by atoms with Gasteiger partial charge in [-0.3, -0.25) is 10.1 Å². The monoisotopic (exact) mass is 403 g/mol. The highest BCUT2D eigenvalue weighted by Crippen LogP contribution is 2.27. The largest absolute Gasteiger partial charge is 0.330 e. The third-order valence-corrected chi connectivity index (χ3v) is 5.07. The Morgan fingerprint density at radius 3 is 2.59 bits per heavy atom. The quantitative estimate of drug-likeness (QED) is 0.541. The second-order valence-corrected chi connectivity index (χ2v) is 7.37. The average Bonchev–Trinajstić information content (AvgIpc) is 3.08. The number of para-hydroxylation sites is 1. The highest BCUT2D eigenvalue weighted by atomic mass is 32.2. The predicted octanol–water partition coefficient (Wildman–Crippen LogP) is 3.86. The smallest absolute Gasteiger partial charge is 0.325 e. The number of amides is 3. The first-order valence-corrected chi connectivity index (χ1v) is 9.53. The third-order valence-electron chi connectivity index (χ3n) is 3.09. The van der Waals surface area contributed by atoms with Gasteiger partial charge < -0.3 is 10.6 Å². The number of halogens is 1. The molecule has 3 amide bonds. The van der Waals surface area contributed by atoms with Crippen LogP contribution in [0.2, 0.25) is 0 Å². The van der Waals surface area contributed by atoms with E-state index in [1.807, 2.05) is 6.07 Å². The molecule has 3 aromatic rings. The topological polar surface area (TPSA) is 96.0 Å². The van der Waals surface area contributed by atoms with Gasteiger partial charge in [-0.05, 0) is 30.3 Å². The van der Waals surface area contributed by atoms with Crippen molar-refractivity contribution in [3.8, 4) is 0 Å². The summed E-state index contributed by atoms with van der Waals surface area (Å²) in [5.41, 5.74) is 1.14. The first kappa shape index (κ1) is 18.8. The fourth-order valence-corrected chi connectivity index (χ4v) is 3.55. The lowest BCUT2D eigenvalue weighted by Gasteiger charge is -2.05. The standard InChI is InChI=1S/C17H14FN5O2S2/c18-11-5-4-8-13(9-11)20-16-22-23-17(27-16)26-10-14(24)21-15(25)19-12-6-2-1-3-7-12/h1-9H,10H2,(H,20,22)(H2,19,21,24,25). The first-order valence-electron chi connectivity index (χ1n) is 7.73. The van der Waals surface area contributed by atoms with Crippen LogP contribution in [0.5, 0.6) is 0 Å². The van der Waals surface area contributed by atoms with E-state index < -0.39 is 11.9 Å². The van der Waals surface area contributed by atoms with Crippen LogP contribution in [0.4, 0.5) is 25.7 Å². The van der Waals surface area contributed by atoms with Gasteiger partial charge in [0.1, 0.15) is 5.82 Å². The molecule has 0 saturated carbocycles. The molecule has 0 unspecified atom stereocenters. The molecule has 0 saturated heterocycles. The van der Waals surface area contributed by atoms with Crippen LogP contribution in [-0.4, -0.2) is 27.9 Å². The molecule has 1 heterocycles. The molecule has 0 atom stereocenters. The lowest BCUT2D eigenvalue weighted by Crippen LogP contribution is -2.35. The normalized spacial score (nSPS) is 10.3. The summed E-state index contributed by atoms with van der Waals surface area (Å²) in [6.07, 6.45) is 0. The minimum atomic E-state index is -0.600. The van der Waals surface area contributed by atoms with Crippen molar-refractivity contribution in [1.82, 2.24) is 15.5 Å². The Morgan fingerprint density at radius 1 is 1.04 bits per heavy atom. The lowest BCUT2D eigenvalue weighted by atomic mass is 10.3. The summed E-state index contributed by atoms with van der Waals surface area (Å²) in [6, 6.07) is 14.2. The van der Waals surface area contributed by atoms with Crippen molar-refractivity contribution < 1.29 is 14.0 Å². The maximum atomic E-state index is 13.2. The van der Waals surface area contributed by atoms with Gasteiger partial charge in [-0.2, -0.15) is 0 Å². The Hall–Kier alpha value is -2.98. The molecule has 2 aromatic carbocycles. The molecule has 138 valence electrons. The fourth-order valence-electron chi connectivity index (χ4n) is 1.98. The number of thioether (sulfide) groups is 1. The van der Waals surface area contributed by atoms with Crippen molar-refractivity contribution in [2.75, 3.05) is 16.4 Å². The van der Waals surface area contributed by atoms with E-state index in [2.05, 4.69) is 26.1 Å². The van der Waals surface area contributed by atoms with Crippen molar-refractivity contribution in [2.24, 2.45) is 0 Å². The van der Waals surface area contributed by atoms with Gasteiger partial charge in [0.2, 0.25) is 11.0 Å². The molecule has 0 fully saturated rings. The number of carbonyl (C=O) groups is 2. The van der Waals surface area contributed by atoms with E-state index in [1.54, 1.807) is 36.4 Å². The molecule has 0 aliphatic rings. The predicted molar refractivity (Wildman–Crippen MR) is 104 cm³/mol. The maximum Gasteiger partial charge on any atom is 0.325 e. The van der Waals surface area contributed by atoms with Crippen molar-refractivity contribution in [2.45, 2.75) is 4.34 Å². The summed E-state index contributed by atoms with van der Waals surface area (Å²) in [5, 5.41) is 16.1. The van der Waals surface area contributed by atoms with Gasteiger partial charge in [0.15, 0.2) is 4.34 Å². The summed E-state index contributed by atoms with van der Waals surface area (Å²) in [4.78, 5) is 23.6. The van der Waals surface area contributed by atoms with E-state index in [9.17, 15) is 14.0 Å². The summed E-state index contributed by atoms with van der Waals surface area (Å²) in [7, 11) is 0. The molecule has 27 heavy (non-hydrogen) atoms. The maximum absolute atomic E-state index is 13.2. The van der Waals surface area contributed by atoms with Gasteiger partial charge in [0.05, 0.1) is 5.75 Å². The number of nitrogens with zero attached hydrogens (tertiary/aromatic N) is 2. The molecule has 1 aromatic heterocycles. The molecule has 3 N–H and O–H groups in total. The van der Waals surface area contributed by atoms with Crippen LogP contribution in [0.15, 0.2) is 58.9 Å². The minimum Gasteiger partial charge on any atom is -0.330 e. The average molecular weight is 403 g/mol. The fraction of sp³-hybridized carbons (Fsp3) is 0.0588. The highest BCUT2D eigenvalue weighted by Gasteiger charge is 2.11. The Morgan fingerprint density at radius 2 is 1.81 bits per heavy atom.